The number of aryl methyl sites for hydroxylation is 1. The van der Waals surface area contributed by atoms with E-state index in [4.69, 9.17) is 9.72 Å². The van der Waals surface area contributed by atoms with Crippen LogP contribution in [0.5, 0.6) is 0 Å². The highest BCUT2D eigenvalue weighted by Gasteiger charge is 2.18. The Hall–Kier alpha value is -1.61. The van der Waals surface area contributed by atoms with Gasteiger partial charge >= 0.3 is 0 Å². The van der Waals surface area contributed by atoms with Crippen molar-refractivity contribution in [3.05, 3.63) is 35.0 Å². The molecule has 0 aliphatic carbocycles. The average Bonchev–Trinajstić information content (AvgIpc) is 2.40. The van der Waals surface area contributed by atoms with Gasteiger partial charge in [-0.1, -0.05) is 18.2 Å². The maximum absolute atomic E-state index is 5.58. The Morgan fingerprint density at radius 1 is 1.39 bits per heavy atom. The third kappa shape index (κ3) is 1.75. The van der Waals surface area contributed by atoms with E-state index in [0.717, 1.165) is 25.1 Å². The Balaban J connectivity index is 2.33. The fourth-order valence-corrected chi connectivity index (χ4v) is 2.60. The quantitative estimate of drug-likeness (QED) is 0.879. The lowest BCUT2D eigenvalue weighted by molar-refractivity contribution is 0.110. The van der Waals surface area contributed by atoms with Crippen LogP contribution in [0.25, 0.3) is 10.9 Å². The van der Waals surface area contributed by atoms with E-state index in [-0.39, 0.29) is 0 Å². The van der Waals surface area contributed by atoms with Crippen molar-refractivity contribution in [1.82, 2.24) is 4.98 Å². The van der Waals surface area contributed by atoms with Gasteiger partial charge in [0.25, 0.3) is 0 Å². The van der Waals surface area contributed by atoms with E-state index in [0.29, 0.717) is 6.61 Å². The molecule has 3 nitrogen and oxygen atoms in total. The molecule has 0 saturated heterocycles. The number of fused-ring (bicyclic) bond motifs is 2. The number of ether oxygens (including phenoxy) is 1. The lowest BCUT2D eigenvalue weighted by Gasteiger charge is -2.22. The molecule has 0 unspecified atom stereocenters. The minimum absolute atomic E-state index is 0.675. The number of hydrogen-bond acceptors (Lipinski definition) is 3. The Morgan fingerprint density at radius 3 is 3.11 bits per heavy atom. The number of anilines is 1. The van der Waals surface area contributed by atoms with Crippen LogP contribution in [0.4, 0.5) is 5.69 Å². The van der Waals surface area contributed by atoms with Crippen LogP contribution in [0.3, 0.4) is 0 Å². The molecule has 18 heavy (non-hydrogen) atoms. The number of rotatable bonds is 2. The fourth-order valence-electron chi connectivity index (χ4n) is 2.60. The van der Waals surface area contributed by atoms with Crippen molar-refractivity contribution in [1.29, 1.82) is 0 Å². The molecule has 3 heteroatoms. The van der Waals surface area contributed by atoms with E-state index in [2.05, 4.69) is 37.4 Å². The number of nitrogens with zero attached hydrogens (tertiary/aromatic N) is 1. The lowest BCUT2D eigenvalue weighted by atomic mass is 10.0. The average molecular weight is 242 g/mol. The molecule has 0 fully saturated rings. The molecule has 1 aliphatic heterocycles. The standard InChI is InChI=1S/C15H18N2O/c1-3-16-15-11-6-4-5-10(2)14(11)17-13-7-8-18-9-12(13)15/h4-6H,3,7-9H2,1-2H3,(H,16,17). The molecule has 94 valence electrons. The second-order valence-electron chi connectivity index (χ2n) is 4.72. The minimum Gasteiger partial charge on any atom is -0.384 e. The Kier molecular flexibility index (Phi) is 2.92. The first-order valence-corrected chi connectivity index (χ1v) is 6.54. The molecule has 1 aliphatic rings. The van der Waals surface area contributed by atoms with Gasteiger partial charge in [-0.05, 0) is 19.4 Å². The number of benzene rings is 1. The van der Waals surface area contributed by atoms with Crippen molar-refractivity contribution in [2.24, 2.45) is 0 Å². The van der Waals surface area contributed by atoms with Crippen molar-refractivity contribution in [2.45, 2.75) is 26.9 Å². The summed E-state index contributed by atoms with van der Waals surface area (Å²) in [7, 11) is 0. The first-order chi connectivity index (χ1) is 8.81. The van der Waals surface area contributed by atoms with Gasteiger partial charge in [0.1, 0.15) is 0 Å². The first kappa shape index (κ1) is 11.5. The molecule has 0 atom stereocenters. The molecule has 0 radical (unpaired) electrons. The van der Waals surface area contributed by atoms with Gasteiger partial charge in [0, 0.05) is 23.9 Å². The molecule has 0 amide bonds. The van der Waals surface area contributed by atoms with E-state index in [1.807, 2.05) is 0 Å². The van der Waals surface area contributed by atoms with Crippen LogP contribution in [0.15, 0.2) is 18.2 Å². The Bertz CT molecular complexity index is 593. The molecule has 1 aromatic heterocycles. The van der Waals surface area contributed by atoms with Crippen LogP contribution in [0.2, 0.25) is 0 Å². The SMILES string of the molecule is CCNc1c2c(nc3c(C)cccc13)CCOC2. The van der Waals surface area contributed by atoms with E-state index in [1.165, 1.54) is 27.9 Å². The summed E-state index contributed by atoms with van der Waals surface area (Å²) in [4.78, 5) is 4.84. The minimum atomic E-state index is 0.675. The zero-order chi connectivity index (χ0) is 12.5. The molecule has 1 aromatic carbocycles. The van der Waals surface area contributed by atoms with Gasteiger partial charge in [0.05, 0.1) is 30.1 Å². The topological polar surface area (TPSA) is 34.2 Å². The van der Waals surface area contributed by atoms with Crippen molar-refractivity contribution >= 4 is 16.6 Å². The summed E-state index contributed by atoms with van der Waals surface area (Å²) in [5.41, 5.74) is 6.00. The molecule has 2 aromatic rings. The van der Waals surface area contributed by atoms with Gasteiger partial charge in [-0.3, -0.25) is 4.98 Å². The van der Waals surface area contributed by atoms with Gasteiger partial charge < -0.3 is 10.1 Å². The Morgan fingerprint density at radius 2 is 2.28 bits per heavy atom. The lowest BCUT2D eigenvalue weighted by Crippen LogP contribution is -2.15. The van der Waals surface area contributed by atoms with Crippen LogP contribution in [-0.2, 0) is 17.8 Å². The zero-order valence-electron chi connectivity index (χ0n) is 10.9. The molecule has 0 bridgehead atoms. The van der Waals surface area contributed by atoms with Gasteiger partial charge in [-0.25, -0.2) is 0 Å². The van der Waals surface area contributed by atoms with Gasteiger partial charge in [0.2, 0.25) is 0 Å². The molecule has 3 rings (SSSR count). The third-order valence-electron chi connectivity index (χ3n) is 3.49. The summed E-state index contributed by atoms with van der Waals surface area (Å²) in [6.45, 7) is 6.62. The maximum Gasteiger partial charge on any atom is 0.0755 e. The van der Waals surface area contributed by atoms with Crippen molar-refractivity contribution in [2.75, 3.05) is 18.5 Å². The molecule has 0 saturated carbocycles. The fraction of sp³-hybridized carbons (Fsp3) is 0.400. The van der Waals surface area contributed by atoms with Crippen LogP contribution < -0.4 is 5.32 Å². The summed E-state index contributed by atoms with van der Waals surface area (Å²) < 4.78 is 5.58. The number of pyridine rings is 1. The largest absolute Gasteiger partial charge is 0.384 e. The van der Waals surface area contributed by atoms with Crippen molar-refractivity contribution in [3.63, 3.8) is 0 Å². The summed E-state index contributed by atoms with van der Waals surface area (Å²) in [5.74, 6) is 0. The first-order valence-electron chi connectivity index (χ1n) is 6.54. The second kappa shape index (κ2) is 4.58. The second-order valence-corrected chi connectivity index (χ2v) is 4.72. The predicted molar refractivity (Wildman–Crippen MR) is 74.0 cm³/mol. The van der Waals surface area contributed by atoms with Crippen LogP contribution in [0.1, 0.15) is 23.7 Å². The molecular formula is C15H18N2O. The summed E-state index contributed by atoms with van der Waals surface area (Å²) in [5, 5.41) is 4.70. The third-order valence-corrected chi connectivity index (χ3v) is 3.49. The zero-order valence-corrected chi connectivity index (χ0v) is 10.9. The number of nitrogens with one attached hydrogen (secondary N) is 1. The number of hydrogen-bond donors (Lipinski definition) is 1. The highest BCUT2D eigenvalue weighted by Crippen LogP contribution is 2.32. The number of para-hydroxylation sites is 1. The highest BCUT2D eigenvalue weighted by molar-refractivity contribution is 5.95. The summed E-state index contributed by atoms with van der Waals surface area (Å²) in [6, 6.07) is 6.36. The smallest absolute Gasteiger partial charge is 0.0755 e. The number of aromatic nitrogens is 1. The maximum atomic E-state index is 5.58. The van der Waals surface area contributed by atoms with E-state index >= 15 is 0 Å². The molecular weight excluding hydrogens is 224 g/mol. The predicted octanol–water partition coefficient (Wildman–Crippen LogP) is 3.05. The monoisotopic (exact) mass is 242 g/mol. The van der Waals surface area contributed by atoms with Crippen LogP contribution in [0, 0.1) is 6.92 Å². The molecule has 2 heterocycles. The van der Waals surface area contributed by atoms with E-state index in [9.17, 15) is 0 Å². The summed E-state index contributed by atoms with van der Waals surface area (Å²) >= 11 is 0. The van der Waals surface area contributed by atoms with E-state index in [1.54, 1.807) is 0 Å². The van der Waals surface area contributed by atoms with Crippen LogP contribution in [-0.4, -0.2) is 18.1 Å². The van der Waals surface area contributed by atoms with Gasteiger partial charge in [-0.2, -0.15) is 0 Å². The molecule has 1 N–H and O–H groups in total. The van der Waals surface area contributed by atoms with Gasteiger partial charge in [-0.15, -0.1) is 0 Å². The summed E-state index contributed by atoms with van der Waals surface area (Å²) in [6.07, 6.45) is 0.915. The Labute approximate surface area is 107 Å². The van der Waals surface area contributed by atoms with Crippen LogP contribution >= 0.6 is 0 Å². The highest BCUT2D eigenvalue weighted by atomic mass is 16.5. The van der Waals surface area contributed by atoms with Gasteiger partial charge in [0.15, 0.2) is 0 Å². The normalized spacial score (nSPS) is 14.6. The van der Waals surface area contributed by atoms with E-state index < -0.39 is 0 Å². The van der Waals surface area contributed by atoms with Crippen molar-refractivity contribution < 1.29 is 4.74 Å². The van der Waals surface area contributed by atoms with Crippen molar-refractivity contribution in [3.8, 4) is 0 Å². The molecule has 0 spiro atoms.